The predicted molar refractivity (Wildman–Crippen MR) is 127 cm³/mol. The molecular formula is C25H28N4OS. The lowest BCUT2D eigenvalue weighted by Gasteiger charge is -2.22. The Morgan fingerprint density at radius 1 is 0.903 bits per heavy atom. The molecule has 31 heavy (non-hydrogen) atoms. The van der Waals surface area contributed by atoms with Crippen molar-refractivity contribution in [3.05, 3.63) is 90.1 Å². The number of hydrogen-bond acceptors (Lipinski definition) is 4. The van der Waals surface area contributed by atoms with Gasteiger partial charge < -0.3 is 10.2 Å². The van der Waals surface area contributed by atoms with Gasteiger partial charge in [0.2, 0.25) is 0 Å². The van der Waals surface area contributed by atoms with E-state index in [0.29, 0.717) is 0 Å². The number of rotatable bonds is 6. The van der Waals surface area contributed by atoms with Crippen molar-refractivity contribution >= 4 is 23.5 Å². The highest BCUT2D eigenvalue weighted by molar-refractivity contribution is 7.98. The maximum absolute atomic E-state index is 12.9. The quantitative estimate of drug-likeness (QED) is 0.550. The van der Waals surface area contributed by atoms with E-state index in [1.807, 2.05) is 47.4 Å². The first kappa shape index (κ1) is 21.4. The number of nitrogens with one attached hydrogen (secondary N) is 1. The van der Waals surface area contributed by atoms with Gasteiger partial charge in [-0.2, -0.15) is 0 Å². The molecule has 1 aromatic heterocycles. The van der Waals surface area contributed by atoms with Gasteiger partial charge in [0.05, 0.1) is 5.03 Å². The van der Waals surface area contributed by atoms with Gasteiger partial charge in [0.25, 0.3) is 0 Å². The molecule has 1 aliphatic rings. The molecule has 1 fully saturated rings. The van der Waals surface area contributed by atoms with E-state index in [1.165, 1.54) is 11.1 Å². The number of anilines is 1. The Morgan fingerprint density at radius 2 is 1.74 bits per heavy atom. The third-order valence-corrected chi connectivity index (χ3v) is 6.34. The summed E-state index contributed by atoms with van der Waals surface area (Å²) in [4.78, 5) is 21.6. The second kappa shape index (κ2) is 11.0. The van der Waals surface area contributed by atoms with Gasteiger partial charge in [0.15, 0.2) is 0 Å². The first-order valence-corrected chi connectivity index (χ1v) is 11.7. The lowest BCUT2D eigenvalue weighted by atomic mass is 10.2. The van der Waals surface area contributed by atoms with Crippen molar-refractivity contribution < 1.29 is 4.79 Å². The zero-order valence-electron chi connectivity index (χ0n) is 17.6. The molecule has 0 radical (unpaired) electrons. The van der Waals surface area contributed by atoms with Gasteiger partial charge in [0, 0.05) is 50.4 Å². The van der Waals surface area contributed by atoms with Crippen LogP contribution in [0.3, 0.4) is 0 Å². The molecule has 0 aliphatic carbocycles. The summed E-state index contributed by atoms with van der Waals surface area (Å²) in [5.74, 6) is 0.818. The van der Waals surface area contributed by atoms with Crippen molar-refractivity contribution in [3.8, 4) is 0 Å². The fourth-order valence-electron chi connectivity index (χ4n) is 3.70. The van der Waals surface area contributed by atoms with Crippen LogP contribution in [0, 0.1) is 0 Å². The summed E-state index contributed by atoms with van der Waals surface area (Å²) in [5, 5.41) is 4.09. The molecular weight excluding hydrogens is 404 g/mol. The molecule has 1 N–H and O–H groups in total. The van der Waals surface area contributed by atoms with E-state index in [1.54, 1.807) is 18.0 Å². The van der Waals surface area contributed by atoms with Crippen molar-refractivity contribution in [1.82, 2.24) is 14.8 Å². The highest BCUT2D eigenvalue weighted by Gasteiger charge is 2.19. The van der Waals surface area contributed by atoms with Crippen LogP contribution in [0.5, 0.6) is 0 Å². The SMILES string of the molecule is O=C(Nc1cccc(CSc2ccccn2)c1)N1CCCN(Cc2ccccc2)CC1. The van der Waals surface area contributed by atoms with Crippen LogP contribution in [0.2, 0.25) is 0 Å². The molecule has 1 aliphatic heterocycles. The molecule has 2 aromatic carbocycles. The van der Waals surface area contributed by atoms with Crippen molar-refractivity contribution in [2.45, 2.75) is 23.7 Å². The standard InChI is InChI=1S/C25H28N4OS/c30-25(29-15-7-14-28(16-17-29)19-21-8-2-1-3-9-21)27-23-11-6-10-22(18-23)20-31-24-12-4-5-13-26-24/h1-6,8-13,18H,7,14-17,19-20H2,(H,27,30). The monoisotopic (exact) mass is 432 g/mol. The van der Waals surface area contributed by atoms with E-state index < -0.39 is 0 Å². The normalized spacial score (nSPS) is 14.8. The summed E-state index contributed by atoms with van der Waals surface area (Å²) < 4.78 is 0. The van der Waals surface area contributed by atoms with Crippen molar-refractivity contribution in [2.75, 3.05) is 31.5 Å². The number of aromatic nitrogens is 1. The molecule has 2 heterocycles. The van der Waals surface area contributed by atoms with Crippen LogP contribution in [0.15, 0.2) is 84.0 Å². The van der Waals surface area contributed by atoms with Gasteiger partial charge in [-0.3, -0.25) is 4.90 Å². The minimum absolute atomic E-state index is 0.0175. The van der Waals surface area contributed by atoms with Crippen LogP contribution in [-0.2, 0) is 12.3 Å². The highest BCUT2D eigenvalue weighted by atomic mass is 32.2. The van der Waals surface area contributed by atoms with Gasteiger partial charge in [-0.25, -0.2) is 9.78 Å². The molecule has 0 unspecified atom stereocenters. The van der Waals surface area contributed by atoms with Gasteiger partial charge in [0.1, 0.15) is 0 Å². The lowest BCUT2D eigenvalue weighted by Crippen LogP contribution is -2.38. The molecule has 6 heteroatoms. The molecule has 0 saturated carbocycles. The Labute approximate surface area is 188 Å². The van der Waals surface area contributed by atoms with E-state index in [0.717, 1.165) is 55.6 Å². The molecule has 2 amide bonds. The summed E-state index contributed by atoms with van der Waals surface area (Å²) in [5.41, 5.74) is 3.33. The third-order valence-electron chi connectivity index (χ3n) is 5.33. The molecule has 5 nitrogen and oxygen atoms in total. The van der Waals surface area contributed by atoms with Crippen LogP contribution in [0.25, 0.3) is 0 Å². The van der Waals surface area contributed by atoms with Crippen LogP contribution < -0.4 is 5.32 Å². The van der Waals surface area contributed by atoms with Crippen molar-refractivity contribution in [1.29, 1.82) is 0 Å². The maximum atomic E-state index is 12.9. The fraction of sp³-hybridized carbons (Fsp3) is 0.280. The molecule has 4 rings (SSSR count). The number of amides is 2. The zero-order chi connectivity index (χ0) is 21.3. The minimum Gasteiger partial charge on any atom is -0.323 e. The number of thioether (sulfide) groups is 1. The van der Waals surface area contributed by atoms with Crippen LogP contribution in [0.1, 0.15) is 17.5 Å². The Kier molecular flexibility index (Phi) is 7.58. The molecule has 1 saturated heterocycles. The molecule has 160 valence electrons. The number of hydrogen-bond donors (Lipinski definition) is 1. The summed E-state index contributed by atoms with van der Waals surface area (Å²) in [6, 6.07) is 24.5. The maximum Gasteiger partial charge on any atom is 0.321 e. The Hall–Kier alpha value is -2.83. The van der Waals surface area contributed by atoms with E-state index in [9.17, 15) is 4.79 Å². The lowest BCUT2D eigenvalue weighted by molar-refractivity contribution is 0.211. The van der Waals surface area contributed by atoms with Crippen molar-refractivity contribution in [3.63, 3.8) is 0 Å². The Morgan fingerprint density at radius 3 is 2.58 bits per heavy atom. The first-order valence-electron chi connectivity index (χ1n) is 10.7. The first-order chi connectivity index (χ1) is 15.3. The molecule has 0 atom stereocenters. The highest BCUT2D eigenvalue weighted by Crippen LogP contribution is 2.22. The number of urea groups is 1. The second-order valence-electron chi connectivity index (χ2n) is 7.69. The van der Waals surface area contributed by atoms with Gasteiger partial charge in [-0.05, 0) is 41.8 Å². The van der Waals surface area contributed by atoms with E-state index in [2.05, 4.69) is 45.5 Å². The summed E-state index contributed by atoms with van der Waals surface area (Å²) in [6.45, 7) is 4.37. The number of benzene rings is 2. The van der Waals surface area contributed by atoms with E-state index >= 15 is 0 Å². The largest absolute Gasteiger partial charge is 0.323 e. The van der Waals surface area contributed by atoms with Gasteiger partial charge >= 0.3 is 6.03 Å². The van der Waals surface area contributed by atoms with Crippen LogP contribution >= 0.6 is 11.8 Å². The van der Waals surface area contributed by atoms with Gasteiger partial charge in [-0.15, -0.1) is 11.8 Å². The summed E-state index contributed by atoms with van der Waals surface area (Å²) in [7, 11) is 0. The predicted octanol–water partition coefficient (Wildman–Crippen LogP) is 5.11. The van der Waals surface area contributed by atoms with Crippen LogP contribution in [-0.4, -0.2) is 47.0 Å². The average molecular weight is 433 g/mol. The summed E-state index contributed by atoms with van der Waals surface area (Å²) >= 11 is 1.69. The zero-order valence-corrected chi connectivity index (χ0v) is 18.4. The number of nitrogens with zero attached hydrogens (tertiary/aromatic N) is 3. The number of pyridine rings is 1. The average Bonchev–Trinajstić information content (AvgIpc) is 3.05. The van der Waals surface area contributed by atoms with Crippen LogP contribution in [0.4, 0.5) is 10.5 Å². The van der Waals surface area contributed by atoms with E-state index in [4.69, 9.17) is 0 Å². The Bertz CT molecular complexity index is 968. The number of carbonyl (C=O) groups excluding carboxylic acids is 1. The third kappa shape index (κ3) is 6.57. The Balaban J connectivity index is 1.29. The second-order valence-corrected chi connectivity index (χ2v) is 8.69. The molecule has 0 spiro atoms. The van der Waals surface area contributed by atoms with Crippen molar-refractivity contribution in [2.24, 2.45) is 0 Å². The van der Waals surface area contributed by atoms with Gasteiger partial charge in [-0.1, -0.05) is 48.5 Å². The fourth-order valence-corrected chi connectivity index (χ4v) is 4.51. The molecule has 0 bridgehead atoms. The molecule has 3 aromatic rings. The minimum atomic E-state index is -0.0175. The number of carbonyl (C=O) groups is 1. The van der Waals surface area contributed by atoms with E-state index in [-0.39, 0.29) is 6.03 Å². The summed E-state index contributed by atoms with van der Waals surface area (Å²) in [6.07, 6.45) is 2.79. The smallest absolute Gasteiger partial charge is 0.321 e. The topological polar surface area (TPSA) is 48.5 Å².